The number of nitrogens with zero attached hydrogens (tertiary/aromatic N) is 1. The minimum absolute atomic E-state index is 0.0162. The molecule has 0 saturated carbocycles. The predicted molar refractivity (Wildman–Crippen MR) is 85.9 cm³/mol. The van der Waals surface area contributed by atoms with Crippen molar-refractivity contribution in [2.45, 2.75) is 38.6 Å². The van der Waals surface area contributed by atoms with Crippen molar-refractivity contribution in [3.05, 3.63) is 18.2 Å². The van der Waals surface area contributed by atoms with Gasteiger partial charge in [-0.15, -0.1) is 0 Å². The Morgan fingerprint density at radius 3 is 2.87 bits per heavy atom. The van der Waals surface area contributed by atoms with Crippen molar-refractivity contribution in [2.75, 3.05) is 24.7 Å². The fraction of sp³-hybridized carbons (Fsp3) is 0.529. The first-order valence-electron chi connectivity index (χ1n) is 8.16. The van der Waals surface area contributed by atoms with E-state index in [2.05, 4.69) is 12.2 Å². The lowest BCUT2D eigenvalue weighted by Gasteiger charge is -2.22. The molecule has 6 heteroatoms. The summed E-state index contributed by atoms with van der Waals surface area (Å²) in [6.07, 6.45) is 2.72. The van der Waals surface area contributed by atoms with Gasteiger partial charge in [0.15, 0.2) is 11.5 Å². The van der Waals surface area contributed by atoms with Crippen molar-refractivity contribution in [3.63, 3.8) is 0 Å². The summed E-state index contributed by atoms with van der Waals surface area (Å²) < 4.78 is 11.1. The van der Waals surface area contributed by atoms with Gasteiger partial charge in [-0.25, -0.2) is 0 Å². The van der Waals surface area contributed by atoms with E-state index in [0.29, 0.717) is 44.1 Å². The molecule has 0 aromatic heterocycles. The number of hydrogen-bond acceptors (Lipinski definition) is 4. The van der Waals surface area contributed by atoms with Gasteiger partial charge in [-0.05, 0) is 18.6 Å². The summed E-state index contributed by atoms with van der Waals surface area (Å²) >= 11 is 0. The third-order valence-electron chi connectivity index (χ3n) is 4.08. The third kappa shape index (κ3) is 3.57. The van der Waals surface area contributed by atoms with Gasteiger partial charge in [-0.2, -0.15) is 0 Å². The van der Waals surface area contributed by atoms with Gasteiger partial charge in [-0.1, -0.05) is 13.3 Å². The first-order chi connectivity index (χ1) is 11.2. The van der Waals surface area contributed by atoms with Crippen molar-refractivity contribution < 1.29 is 19.1 Å². The van der Waals surface area contributed by atoms with Gasteiger partial charge < -0.3 is 19.7 Å². The second-order valence-electron chi connectivity index (χ2n) is 5.90. The van der Waals surface area contributed by atoms with Crippen molar-refractivity contribution in [2.24, 2.45) is 0 Å². The van der Waals surface area contributed by atoms with Crippen LogP contribution in [0.3, 0.4) is 0 Å². The molecule has 2 aliphatic rings. The van der Waals surface area contributed by atoms with E-state index in [1.165, 1.54) is 0 Å². The fourth-order valence-electron chi connectivity index (χ4n) is 2.89. The summed E-state index contributed by atoms with van der Waals surface area (Å²) in [4.78, 5) is 25.8. The number of anilines is 1. The van der Waals surface area contributed by atoms with Crippen LogP contribution in [0.4, 0.5) is 5.69 Å². The molecule has 124 valence electrons. The number of unbranched alkanes of at least 4 members (excludes halogenated alkanes) is 1. The average Bonchev–Trinajstić information content (AvgIpc) is 2.92. The van der Waals surface area contributed by atoms with Crippen molar-refractivity contribution >= 4 is 17.5 Å². The van der Waals surface area contributed by atoms with Crippen LogP contribution in [-0.4, -0.2) is 37.6 Å². The van der Waals surface area contributed by atoms with Gasteiger partial charge in [-0.3, -0.25) is 9.59 Å². The zero-order chi connectivity index (χ0) is 16.2. The molecular formula is C17H22N2O4. The molecule has 1 N–H and O–H groups in total. The van der Waals surface area contributed by atoms with Gasteiger partial charge in [0.1, 0.15) is 13.2 Å². The zero-order valence-corrected chi connectivity index (χ0v) is 13.3. The predicted octanol–water partition coefficient (Wildman–Crippen LogP) is 1.87. The molecule has 1 aromatic rings. The van der Waals surface area contributed by atoms with E-state index < -0.39 is 0 Å². The molecule has 0 radical (unpaired) electrons. The first kappa shape index (κ1) is 15.6. The summed E-state index contributed by atoms with van der Waals surface area (Å²) in [7, 11) is 0. The van der Waals surface area contributed by atoms with Crippen molar-refractivity contribution in [3.8, 4) is 11.5 Å². The van der Waals surface area contributed by atoms with Crippen LogP contribution in [0.2, 0.25) is 0 Å². The molecule has 0 bridgehead atoms. The Morgan fingerprint density at radius 1 is 1.30 bits per heavy atom. The maximum atomic E-state index is 12.3. The smallest absolute Gasteiger partial charge is 0.229 e. The molecule has 1 atom stereocenters. The maximum absolute atomic E-state index is 12.3. The summed E-state index contributed by atoms with van der Waals surface area (Å²) in [6, 6.07) is 5.38. The Kier molecular flexibility index (Phi) is 4.69. The number of hydrogen-bond donors (Lipinski definition) is 1. The largest absolute Gasteiger partial charge is 0.486 e. The lowest BCUT2D eigenvalue weighted by atomic mass is 10.2. The minimum Gasteiger partial charge on any atom is -0.486 e. The zero-order valence-electron chi connectivity index (χ0n) is 13.3. The minimum atomic E-state index is -0.125. The molecule has 23 heavy (non-hydrogen) atoms. The number of carbonyl (C=O) groups is 2. The fourth-order valence-corrected chi connectivity index (χ4v) is 2.89. The number of carbonyl (C=O) groups excluding carboxylic acids is 2. The van der Waals surface area contributed by atoms with Crippen LogP contribution in [0.25, 0.3) is 0 Å². The monoisotopic (exact) mass is 318 g/mol. The van der Waals surface area contributed by atoms with Crippen LogP contribution >= 0.6 is 0 Å². The standard InChI is InChI=1S/C17H22N2O4/c1-2-3-4-16(20)18-12-9-17(21)19(11-12)13-5-6-14-15(10-13)23-8-7-22-14/h5-6,10,12H,2-4,7-9,11H2,1H3,(H,18,20)/t12-/m1/s1. The summed E-state index contributed by atoms with van der Waals surface area (Å²) in [6.45, 7) is 3.60. The van der Waals surface area contributed by atoms with Crippen LogP contribution < -0.4 is 19.7 Å². The van der Waals surface area contributed by atoms with E-state index in [1.807, 2.05) is 18.2 Å². The SMILES string of the molecule is CCCCC(=O)N[C@@H]1CC(=O)N(c2ccc3c(c2)OCCO3)C1. The highest BCUT2D eigenvalue weighted by atomic mass is 16.6. The van der Waals surface area contributed by atoms with Crippen LogP contribution in [0, 0.1) is 0 Å². The van der Waals surface area contributed by atoms with Crippen molar-refractivity contribution in [1.82, 2.24) is 5.32 Å². The van der Waals surface area contributed by atoms with Gasteiger partial charge in [0.2, 0.25) is 11.8 Å². The van der Waals surface area contributed by atoms with Gasteiger partial charge in [0.25, 0.3) is 0 Å². The van der Waals surface area contributed by atoms with Crippen LogP contribution in [-0.2, 0) is 9.59 Å². The number of fused-ring (bicyclic) bond motifs is 1. The molecule has 0 aliphatic carbocycles. The van der Waals surface area contributed by atoms with Gasteiger partial charge in [0, 0.05) is 31.1 Å². The van der Waals surface area contributed by atoms with E-state index >= 15 is 0 Å². The highest BCUT2D eigenvalue weighted by molar-refractivity contribution is 5.97. The summed E-state index contributed by atoms with van der Waals surface area (Å²) in [5, 5.41) is 2.95. The molecule has 6 nitrogen and oxygen atoms in total. The molecule has 0 unspecified atom stereocenters. The Morgan fingerprint density at radius 2 is 2.09 bits per heavy atom. The second-order valence-corrected chi connectivity index (χ2v) is 5.90. The van der Waals surface area contributed by atoms with E-state index in [0.717, 1.165) is 18.5 Å². The van der Waals surface area contributed by atoms with Gasteiger partial charge >= 0.3 is 0 Å². The lowest BCUT2D eigenvalue weighted by Crippen LogP contribution is -2.37. The number of nitrogens with one attached hydrogen (secondary N) is 1. The van der Waals surface area contributed by atoms with E-state index in [9.17, 15) is 9.59 Å². The molecule has 0 spiro atoms. The van der Waals surface area contributed by atoms with Crippen molar-refractivity contribution in [1.29, 1.82) is 0 Å². The van der Waals surface area contributed by atoms with Crippen LogP contribution in [0.5, 0.6) is 11.5 Å². The Balaban J connectivity index is 1.65. The number of rotatable bonds is 5. The van der Waals surface area contributed by atoms with Crippen LogP contribution in [0.15, 0.2) is 18.2 Å². The van der Waals surface area contributed by atoms with E-state index in [4.69, 9.17) is 9.47 Å². The van der Waals surface area contributed by atoms with Gasteiger partial charge in [0.05, 0.1) is 6.04 Å². The summed E-state index contributed by atoms with van der Waals surface area (Å²) in [5.41, 5.74) is 0.782. The average molecular weight is 318 g/mol. The van der Waals surface area contributed by atoms with Crippen LogP contribution in [0.1, 0.15) is 32.6 Å². The van der Waals surface area contributed by atoms with E-state index in [-0.39, 0.29) is 17.9 Å². The lowest BCUT2D eigenvalue weighted by molar-refractivity contribution is -0.121. The second kappa shape index (κ2) is 6.89. The first-order valence-corrected chi connectivity index (χ1v) is 8.16. The highest BCUT2D eigenvalue weighted by Crippen LogP contribution is 2.35. The molecule has 1 saturated heterocycles. The number of benzene rings is 1. The Bertz CT molecular complexity index is 602. The normalized spacial score (nSPS) is 19.8. The Labute approximate surface area is 135 Å². The highest BCUT2D eigenvalue weighted by Gasteiger charge is 2.32. The molecular weight excluding hydrogens is 296 g/mol. The molecule has 2 heterocycles. The number of amides is 2. The third-order valence-corrected chi connectivity index (χ3v) is 4.08. The molecule has 1 aromatic carbocycles. The van der Waals surface area contributed by atoms with E-state index in [1.54, 1.807) is 4.90 Å². The topological polar surface area (TPSA) is 67.9 Å². The molecule has 2 amide bonds. The summed E-state index contributed by atoms with van der Waals surface area (Å²) in [5.74, 6) is 1.41. The maximum Gasteiger partial charge on any atom is 0.229 e. The molecule has 3 rings (SSSR count). The number of ether oxygens (including phenoxy) is 2. The Hall–Kier alpha value is -2.24. The molecule has 2 aliphatic heterocycles. The quantitative estimate of drug-likeness (QED) is 0.900. The molecule has 1 fully saturated rings.